The highest BCUT2D eigenvalue weighted by atomic mass is 32.2. The van der Waals surface area contributed by atoms with Gasteiger partial charge in [-0.1, -0.05) is 37.3 Å². The second kappa shape index (κ2) is 7.91. The quantitative estimate of drug-likeness (QED) is 0.839. The summed E-state index contributed by atoms with van der Waals surface area (Å²) in [5, 5.41) is 2.87. The van der Waals surface area contributed by atoms with Gasteiger partial charge in [0.25, 0.3) is 0 Å². The van der Waals surface area contributed by atoms with Crippen LogP contribution in [0.15, 0.2) is 42.5 Å². The molecule has 140 valence electrons. The van der Waals surface area contributed by atoms with Gasteiger partial charge in [0.1, 0.15) is 6.04 Å². The minimum absolute atomic E-state index is 0.364. The SMILES string of the molecule is CCc1ccccc1NC(=O)[C@@H](C)N(c1cc(C)ccc1C)S(C)(=O)=O. The average Bonchev–Trinajstić information content (AvgIpc) is 2.57. The van der Waals surface area contributed by atoms with Crippen LogP contribution in [0.25, 0.3) is 0 Å². The van der Waals surface area contributed by atoms with Crippen molar-refractivity contribution in [3.05, 3.63) is 59.2 Å². The Morgan fingerprint density at radius 1 is 1.15 bits per heavy atom. The minimum Gasteiger partial charge on any atom is -0.324 e. The van der Waals surface area contributed by atoms with Crippen LogP contribution in [0.2, 0.25) is 0 Å². The number of para-hydroxylation sites is 1. The molecule has 0 aliphatic rings. The lowest BCUT2D eigenvalue weighted by molar-refractivity contribution is -0.116. The molecule has 0 radical (unpaired) electrons. The molecular weight excluding hydrogens is 348 g/mol. The number of carbonyl (C=O) groups excluding carboxylic acids is 1. The zero-order valence-corrected chi connectivity index (χ0v) is 16.7. The molecule has 0 aliphatic carbocycles. The Labute approximate surface area is 156 Å². The normalized spacial score (nSPS) is 12.5. The predicted molar refractivity (Wildman–Crippen MR) is 107 cm³/mol. The number of hydrogen-bond donors (Lipinski definition) is 1. The monoisotopic (exact) mass is 374 g/mol. The van der Waals surface area contributed by atoms with Crippen LogP contribution in [-0.4, -0.2) is 26.6 Å². The molecule has 0 bridgehead atoms. The van der Waals surface area contributed by atoms with Gasteiger partial charge in [-0.25, -0.2) is 8.42 Å². The summed E-state index contributed by atoms with van der Waals surface area (Å²) in [6, 6.07) is 12.2. The van der Waals surface area contributed by atoms with Gasteiger partial charge >= 0.3 is 0 Å². The van der Waals surface area contributed by atoms with Gasteiger partial charge in [-0.15, -0.1) is 0 Å². The topological polar surface area (TPSA) is 66.5 Å². The maximum Gasteiger partial charge on any atom is 0.248 e. The molecule has 0 heterocycles. The number of amides is 1. The van der Waals surface area contributed by atoms with Crippen LogP contribution >= 0.6 is 0 Å². The van der Waals surface area contributed by atoms with E-state index in [9.17, 15) is 13.2 Å². The summed E-state index contributed by atoms with van der Waals surface area (Å²) < 4.78 is 26.1. The number of nitrogens with one attached hydrogen (secondary N) is 1. The van der Waals surface area contributed by atoms with Gasteiger partial charge in [-0.2, -0.15) is 0 Å². The molecule has 1 atom stereocenters. The molecule has 0 aromatic heterocycles. The number of nitrogens with zero attached hydrogens (tertiary/aromatic N) is 1. The van der Waals surface area contributed by atoms with Gasteiger partial charge in [0.2, 0.25) is 15.9 Å². The van der Waals surface area contributed by atoms with E-state index in [2.05, 4.69) is 5.32 Å². The van der Waals surface area contributed by atoms with Crippen molar-refractivity contribution in [1.82, 2.24) is 0 Å². The smallest absolute Gasteiger partial charge is 0.248 e. The lowest BCUT2D eigenvalue weighted by Gasteiger charge is -2.30. The van der Waals surface area contributed by atoms with E-state index in [-0.39, 0.29) is 5.91 Å². The van der Waals surface area contributed by atoms with Gasteiger partial charge in [-0.3, -0.25) is 9.10 Å². The molecule has 0 spiro atoms. The van der Waals surface area contributed by atoms with E-state index in [1.807, 2.05) is 57.2 Å². The molecule has 0 aliphatic heterocycles. The van der Waals surface area contributed by atoms with Crippen LogP contribution in [0, 0.1) is 13.8 Å². The maximum absolute atomic E-state index is 12.8. The second-order valence-corrected chi connectivity index (χ2v) is 8.38. The molecule has 0 saturated heterocycles. The lowest BCUT2D eigenvalue weighted by atomic mass is 10.1. The summed E-state index contributed by atoms with van der Waals surface area (Å²) in [6.45, 7) is 7.34. The Hall–Kier alpha value is -2.34. The Kier molecular flexibility index (Phi) is 6.08. The molecular formula is C20H26N2O3S. The van der Waals surface area contributed by atoms with Crippen LogP contribution in [-0.2, 0) is 21.2 Å². The van der Waals surface area contributed by atoms with E-state index < -0.39 is 16.1 Å². The average molecular weight is 375 g/mol. The van der Waals surface area contributed by atoms with Gasteiger partial charge in [0.15, 0.2) is 0 Å². The third-order valence-electron chi connectivity index (χ3n) is 4.35. The van der Waals surface area contributed by atoms with E-state index in [0.717, 1.165) is 29.4 Å². The van der Waals surface area contributed by atoms with Crippen molar-refractivity contribution in [3.63, 3.8) is 0 Å². The Balaban J connectivity index is 2.40. The van der Waals surface area contributed by atoms with E-state index in [0.29, 0.717) is 11.4 Å². The summed E-state index contributed by atoms with van der Waals surface area (Å²) >= 11 is 0. The molecule has 1 amide bonds. The first kappa shape index (κ1) is 20.0. The van der Waals surface area contributed by atoms with E-state index >= 15 is 0 Å². The van der Waals surface area contributed by atoms with Gasteiger partial charge in [0.05, 0.1) is 11.9 Å². The summed E-state index contributed by atoms with van der Waals surface area (Å²) in [5.74, 6) is -0.364. The van der Waals surface area contributed by atoms with Crippen molar-refractivity contribution in [3.8, 4) is 0 Å². The standard InChI is InChI=1S/C20H26N2O3S/c1-6-17-9-7-8-10-18(17)21-20(23)16(4)22(26(5,24)25)19-13-14(2)11-12-15(19)3/h7-13,16H,6H2,1-5H3,(H,21,23)/t16-/m1/s1. The van der Waals surface area contributed by atoms with Crippen molar-refractivity contribution in [2.45, 2.75) is 40.2 Å². The van der Waals surface area contributed by atoms with Crippen molar-refractivity contribution in [2.75, 3.05) is 15.9 Å². The molecule has 2 aromatic carbocycles. The number of rotatable bonds is 6. The number of benzene rings is 2. The first-order chi connectivity index (χ1) is 12.1. The molecule has 2 rings (SSSR count). The Morgan fingerprint density at radius 3 is 2.42 bits per heavy atom. The third-order valence-corrected chi connectivity index (χ3v) is 5.57. The van der Waals surface area contributed by atoms with E-state index in [4.69, 9.17) is 0 Å². The van der Waals surface area contributed by atoms with Gasteiger partial charge in [0, 0.05) is 5.69 Å². The fraction of sp³-hybridized carbons (Fsp3) is 0.350. The van der Waals surface area contributed by atoms with Crippen LogP contribution < -0.4 is 9.62 Å². The van der Waals surface area contributed by atoms with Crippen molar-refractivity contribution < 1.29 is 13.2 Å². The highest BCUT2D eigenvalue weighted by Gasteiger charge is 2.30. The maximum atomic E-state index is 12.8. The highest BCUT2D eigenvalue weighted by Crippen LogP contribution is 2.27. The molecule has 5 nitrogen and oxygen atoms in total. The fourth-order valence-electron chi connectivity index (χ4n) is 2.93. The van der Waals surface area contributed by atoms with E-state index in [1.165, 1.54) is 4.31 Å². The van der Waals surface area contributed by atoms with Crippen molar-refractivity contribution >= 4 is 27.3 Å². The number of hydrogen-bond acceptors (Lipinski definition) is 3. The Morgan fingerprint density at radius 2 is 1.81 bits per heavy atom. The Bertz CT molecular complexity index is 907. The fourth-order valence-corrected chi connectivity index (χ4v) is 4.15. The highest BCUT2D eigenvalue weighted by molar-refractivity contribution is 7.92. The summed E-state index contributed by atoms with van der Waals surface area (Å²) in [7, 11) is -3.64. The molecule has 0 saturated carbocycles. The summed E-state index contributed by atoms with van der Waals surface area (Å²) in [6.07, 6.45) is 1.90. The zero-order chi connectivity index (χ0) is 19.5. The molecule has 0 unspecified atom stereocenters. The third kappa shape index (κ3) is 4.43. The van der Waals surface area contributed by atoms with Crippen LogP contribution in [0.1, 0.15) is 30.5 Å². The largest absolute Gasteiger partial charge is 0.324 e. The molecule has 2 aromatic rings. The van der Waals surface area contributed by atoms with Crippen molar-refractivity contribution in [1.29, 1.82) is 0 Å². The number of anilines is 2. The zero-order valence-electron chi connectivity index (χ0n) is 15.9. The van der Waals surface area contributed by atoms with Crippen LogP contribution in [0.3, 0.4) is 0 Å². The minimum atomic E-state index is -3.64. The van der Waals surface area contributed by atoms with Crippen LogP contribution in [0.4, 0.5) is 11.4 Å². The molecule has 26 heavy (non-hydrogen) atoms. The first-order valence-corrected chi connectivity index (χ1v) is 10.5. The number of carbonyl (C=O) groups is 1. The summed E-state index contributed by atoms with van der Waals surface area (Å²) in [5.41, 5.74) is 3.98. The van der Waals surface area contributed by atoms with Crippen LogP contribution in [0.5, 0.6) is 0 Å². The second-order valence-electron chi connectivity index (χ2n) is 6.52. The number of aryl methyl sites for hydroxylation is 3. The molecule has 6 heteroatoms. The van der Waals surface area contributed by atoms with E-state index in [1.54, 1.807) is 13.0 Å². The lowest BCUT2D eigenvalue weighted by Crippen LogP contribution is -2.45. The summed E-state index contributed by atoms with van der Waals surface area (Å²) in [4.78, 5) is 12.8. The number of sulfonamides is 1. The predicted octanol–water partition coefficient (Wildman–Crippen LogP) is 3.66. The first-order valence-electron chi connectivity index (χ1n) is 8.60. The van der Waals surface area contributed by atoms with Gasteiger partial charge < -0.3 is 5.32 Å². The van der Waals surface area contributed by atoms with Crippen molar-refractivity contribution in [2.24, 2.45) is 0 Å². The van der Waals surface area contributed by atoms with Gasteiger partial charge in [-0.05, 0) is 56.0 Å². The molecule has 0 fully saturated rings. The molecule has 1 N–H and O–H groups in total.